The molecule has 0 bridgehead atoms. The largest absolute Gasteiger partial charge is 0.469 e. The number of guanidine groups is 1. The van der Waals surface area contributed by atoms with Crippen molar-refractivity contribution in [2.75, 3.05) is 0 Å². The lowest BCUT2D eigenvalue weighted by Crippen LogP contribution is -2.26. The van der Waals surface area contributed by atoms with E-state index in [0.29, 0.717) is 0 Å². The highest BCUT2D eigenvalue weighted by molar-refractivity contribution is 5.75. The fourth-order valence-electron chi connectivity index (χ4n) is 1.00. The van der Waals surface area contributed by atoms with E-state index in [2.05, 4.69) is 11.9 Å². The van der Waals surface area contributed by atoms with Crippen molar-refractivity contribution >= 4 is 5.96 Å². The number of nitrogens with zero attached hydrogens (tertiary/aromatic N) is 1. The first-order valence-electron chi connectivity index (χ1n) is 4.25. The Morgan fingerprint density at radius 2 is 1.93 bits per heavy atom. The summed E-state index contributed by atoms with van der Waals surface area (Å²) in [6.07, 6.45) is -0.379. The highest BCUT2D eigenvalue weighted by atomic mass is 16.5. The summed E-state index contributed by atoms with van der Waals surface area (Å²) in [4.78, 5) is 3.83. The molecule has 4 heteroatoms. The van der Waals surface area contributed by atoms with Crippen molar-refractivity contribution in [3.8, 4) is 5.75 Å². The fraction of sp³-hybridized carbons (Fsp3) is 0.200. The van der Waals surface area contributed by atoms with Gasteiger partial charge in [-0.2, -0.15) is 0 Å². The number of rotatable bonds is 3. The quantitative estimate of drug-likeness (QED) is 0.551. The number of ether oxygens (including phenoxy) is 1. The lowest BCUT2D eigenvalue weighted by molar-refractivity contribution is 0.232. The predicted octanol–water partition coefficient (Wildman–Crippen LogP) is 0.867. The van der Waals surface area contributed by atoms with Gasteiger partial charge in [0.05, 0.1) is 0 Å². The van der Waals surface area contributed by atoms with Crippen LogP contribution in [0.15, 0.2) is 29.3 Å². The highest BCUT2D eigenvalue weighted by Crippen LogP contribution is 2.13. The highest BCUT2D eigenvalue weighted by Gasteiger charge is 2.00. The molecular weight excluding hydrogens is 178 g/mol. The monoisotopic (exact) mass is 192 g/mol. The van der Waals surface area contributed by atoms with Crippen LogP contribution >= 0.6 is 0 Å². The molecule has 1 aromatic carbocycles. The Bertz CT molecular complexity index is 315. The van der Waals surface area contributed by atoms with Crippen LogP contribution < -0.4 is 16.2 Å². The molecule has 0 aliphatic heterocycles. The van der Waals surface area contributed by atoms with E-state index in [1.165, 1.54) is 0 Å². The third-order valence-corrected chi connectivity index (χ3v) is 1.56. The number of hydrogen-bond acceptors (Lipinski definition) is 2. The average molecular weight is 192 g/mol. The van der Waals surface area contributed by atoms with Crippen molar-refractivity contribution < 1.29 is 4.74 Å². The van der Waals surface area contributed by atoms with Crippen molar-refractivity contribution in [3.63, 3.8) is 0 Å². The molecule has 0 saturated heterocycles. The Morgan fingerprint density at radius 3 is 2.43 bits per heavy atom. The van der Waals surface area contributed by atoms with Gasteiger partial charge in [-0.05, 0) is 31.5 Å². The molecule has 75 valence electrons. The van der Waals surface area contributed by atoms with Gasteiger partial charge in [0.2, 0.25) is 0 Å². The molecule has 0 saturated carbocycles. The zero-order valence-electron chi connectivity index (χ0n) is 8.10. The van der Waals surface area contributed by atoms with Gasteiger partial charge in [-0.3, -0.25) is 0 Å². The third kappa shape index (κ3) is 3.35. The molecule has 4 nitrogen and oxygen atoms in total. The van der Waals surface area contributed by atoms with Crippen LogP contribution in [0, 0.1) is 6.92 Å². The van der Waals surface area contributed by atoms with Gasteiger partial charge in [0.1, 0.15) is 5.75 Å². The smallest absolute Gasteiger partial charge is 0.190 e. The van der Waals surface area contributed by atoms with Gasteiger partial charge in [0.25, 0.3) is 0 Å². The normalized spacial score (nSPS) is 11.9. The minimum Gasteiger partial charge on any atom is -0.469 e. The molecule has 1 rings (SSSR count). The van der Waals surface area contributed by atoms with Crippen LogP contribution in [0.5, 0.6) is 5.75 Å². The van der Waals surface area contributed by atoms with Crippen LogP contribution in [0.4, 0.5) is 0 Å². The van der Waals surface area contributed by atoms with Crippen molar-refractivity contribution in [3.05, 3.63) is 36.8 Å². The molecule has 0 amide bonds. The summed E-state index contributed by atoms with van der Waals surface area (Å²) in [5.74, 6) is 0.737. The Labute approximate surface area is 83.6 Å². The SMILES string of the molecule is [CH2]c1ccc(OC(C)N=C(N)N)cc1. The van der Waals surface area contributed by atoms with Crippen LogP contribution in [-0.2, 0) is 0 Å². The first-order chi connectivity index (χ1) is 6.58. The molecule has 0 aromatic heterocycles. The van der Waals surface area contributed by atoms with Crippen LogP contribution in [0.25, 0.3) is 0 Å². The topological polar surface area (TPSA) is 73.6 Å². The summed E-state index contributed by atoms with van der Waals surface area (Å²) in [5, 5.41) is 0. The molecule has 1 unspecified atom stereocenters. The second-order valence-corrected chi connectivity index (χ2v) is 2.92. The van der Waals surface area contributed by atoms with E-state index in [4.69, 9.17) is 16.2 Å². The predicted molar refractivity (Wildman–Crippen MR) is 56.8 cm³/mol. The summed E-state index contributed by atoms with van der Waals surface area (Å²) < 4.78 is 5.40. The third-order valence-electron chi connectivity index (χ3n) is 1.56. The van der Waals surface area contributed by atoms with E-state index in [9.17, 15) is 0 Å². The van der Waals surface area contributed by atoms with E-state index < -0.39 is 0 Å². The van der Waals surface area contributed by atoms with Crippen molar-refractivity contribution in [2.45, 2.75) is 13.2 Å². The van der Waals surface area contributed by atoms with Crippen molar-refractivity contribution in [1.82, 2.24) is 0 Å². The van der Waals surface area contributed by atoms with E-state index in [0.717, 1.165) is 11.3 Å². The molecule has 1 radical (unpaired) electrons. The lowest BCUT2D eigenvalue weighted by atomic mass is 10.2. The molecule has 0 fully saturated rings. The molecule has 0 aliphatic carbocycles. The van der Waals surface area contributed by atoms with Gasteiger partial charge in [-0.15, -0.1) is 0 Å². The summed E-state index contributed by atoms with van der Waals surface area (Å²) in [5.41, 5.74) is 11.4. The molecule has 1 atom stereocenters. The number of nitrogens with two attached hydrogens (primary N) is 2. The van der Waals surface area contributed by atoms with E-state index in [1.807, 2.05) is 24.3 Å². The average Bonchev–Trinajstić information content (AvgIpc) is 2.07. The van der Waals surface area contributed by atoms with Gasteiger partial charge in [0, 0.05) is 0 Å². The standard InChI is InChI=1S/C10H14N3O/c1-7-3-5-9(6-4-7)14-8(2)13-10(11)12/h3-6,8H,1H2,2H3,(H4,11,12,13). The Morgan fingerprint density at radius 1 is 1.36 bits per heavy atom. The zero-order valence-corrected chi connectivity index (χ0v) is 8.10. The lowest BCUT2D eigenvalue weighted by Gasteiger charge is -2.10. The number of hydrogen-bond donors (Lipinski definition) is 2. The molecule has 1 aromatic rings. The Balaban J connectivity index is 2.61. The first-order valence-corrected chi connectivity index (χ1v) is 4.25. The Hall–Kier alpha value is -1.71. The molecule has 4 N–H and O–H groups in total. The van der Waals surface area contributed by atoms with E-state index in [1.54, 1.807) is 6.92 Å². The summed E-state index contributed by atoms with van der Waals surface area (Å²) in [6, 6.07) is 7.36. The summed E-state index contributed by atoms with van der Waals surface area (Å²) >= 11 is 0. The van der Waals surface area contributed by atoms with Crippen LogP contribution in [-0.4, -0.2) is 12.2 Å². The van der Waals surface area contributed by atoms with Gasteiger partial charge >= 0.3 is 0 Å². The van der Waals surface area contributed by atoms with Crippen molar-refractivity contribution in [2.24, 2.45) is 16.5 Å². The first kappa shape index (κ1) is 10.4. The maximum Gasteiger partial charge on any atom is 0.190 e. The van der Waals surface area contributed by atoms with Crippen LogP contribution in [0.1, 0.15) is 12.5 Å². The van der Waals surface area contributed by atoms with E-state index >= 15 is 0 Å². The summed E-state index contributed by atoms with van der Waals surface area (Å²) in [6.45, 7) is 5.53. The molecular formula is C10H14N3O. The number of aliphatic imine (C=N–C) groups is 1. The minimum absolute atomic E-state index is 0.0197. The van der Waals surface area contributed by atoms with Gasteiger partial charge in [0.15, 0.2) is 12.2 Å². The maximum atomic E-state index is 5.40. The van der Waals surface area contributed by atoms with Gasteiger partial charge in [-0.1, -0.05) is 12.1 Å². The molecule has 14 heavy (non-hydrogen) atoms. The van der Waals surface area contributed by atoms with Gasteiger partial charge < -0.3 is 16.2 Å². The molecule has 0 aliphatic rings. The number of benzene rings is 1. The second kappa shape index (κ2) is 4.50. The van der Waals surface area contributed by atoms with Crippen LogP contribution in [0.3, 0.4) is 0 Å². The molecule has 0 spiro atoms. The van der Waals surface area contributed by atoms with Gasteiger partial charge in [-0.25, -0.2) is 4.99 Å². The zero-order chi connectivity index (χ0) is 10.6. The molecule has 0 heterocycles. The second-order valence-electron chi connectivity index (χ2n) is 2.92. The van der Waals surface area contributed by atoms with Crippen molar-refractivity contribution in [1.29, 1.82) is 0 Å². The van der Waals surface area contributed by atoms with Crippen LogP contribution in [0.2, 0.25) is 0 Å². The Kier molecular flexibility index (Phi) is 3.34. The minimum atomic E-state index is -0.379. The summed E-state index contributed by atoms with van der Waals surface area (Å²) in [7, 11) is 0. The van der Waals surface area contributed by atoms with E-state index in [-0.39, 0.29) is 12.2 Å². The maximum absolute atomic E-state index is 5.40. The fourth-order valence-corrected chi connectivity index (χ4v) is 1.00.